The topological polar surface area (TPSA) is 51.6 Å². The highest BCUT2D eigenvalue weighted by Gasteiger charge is 2.21. The summed E-state index contributed by atoms with van der Waals surface area (Å²) in [5.74, 6) is 0. The van der Waals surface area contributed by atoms with Crippen LogP contribution in [0.5, 0.6) is 0 Å². The molecule has 4 heteroatoms. The van der Waals surface area contributed by atoms with Crippen LogP contribution in [0.4, 0.5) is 0 Å². The van der Waals surface area contributed by atoms with E-state index in [1.165, 1.54) is 54.9 Å². The largest absolute Gasteiger partial charge is 0.252 e. The first-order chi connectivity index (χ1) is 30.2. The number of rotatable bonds is 4. The second kappa shape index (κ2) is 13.2. The second-order valence-corrected chi connectivity index (χ2v) is 16.2. The maximum atomic E-state index is 5.26. The Hall–Kier alpha value is -8.08. The van der Waals surface area contributed by atoms with Crippen molar-refractivity contribution >= 4 is 65.2 Å². The van der Waals surface area contributed by atoms with Gasteiger partial charge in [0.25, 0.3) is 0 Å². The lowest BCUT2D eigenvalue weighted by Crippen LogP contribution is -1.92. The summed E-state index contributed by atoms with van der Waals surface area (Å²) in [7, 11) is 0. The van der Waals surface area contributed by atoms with Crippen LogP contribution < -0.4 is 0 Å². The lowest BCUT2D eigenvalue weighted by molar-refractivity contribution is 1.26. The van der Waals surface area contributed by atoms with Crippen LogP contribution in [0.15, 0.2) is 194 Å². The molecule has 61 heavy (non-hydrogen) atoms. The molecule has 0 saturated heterocycles. The molecule has 4 nitrogen and oxygen atoms in total. The number of benzene rings is 10. The van der Waals surface area contributed by atoms with Gasteiger partial charge in [-0.05, 0) is 84.6 Å². The van der Waals surface area contributed by atoms with Gasteiger partial charge in [0.05, 0.1) is 45.8 Å². The van der Waals surface area contributed by atoms with Crippen molar-refractivity contribution in [3.05, 3.63) is 206 Å². The van der Waals surface area contributed by atoms with Gasteiger partial charge < -0.3 is 0 Å². The van der Waals surface area contributed by atoms with E-state index in [4.69, 9.17) is 19.9 Å². The van der Waals surface area contributed by atoms with Crippen LogP contribution in [0.3, 0.4) is 0 Å². The first-order valence-electron chi connectivity index (χ1n) is 20.8. The Bertz CT molecular complexity index is 3490. The molecule has 1 aliphatic carbocycles. The molecule has 10 aromatic carbocycles. The van der Waals surface area contributed by atoms with Gasteiger partial charge >= 0.3 is 0 Å². The highest BCUT2D eigenvalue weighted by atomic mass is 14.8. The van der Waals surface area contributed by atoms with Gasteiger partial charge in [0.2, 0.25) is 0 Å². The molecule has 0 N–H and O–H groups in total. The Morgan fingerprint density at radius 2 is 0.623 bits per heavy atom. The highest BCUT2D eigenvalue weighted by molar-refractivity contribution is 6.24. The van der Waals surface area contributed by atoms with Gasteiger partial charge in [-0.3, -0.25) is 9.97 Å². The average molecular weight is 775 g/mol. The Kier molecular flexibility index (Phi) is 7.33. The van der Waals surface area contributed by atoms with Gasteiger partial charge in [-0.2, -0.15) is 0 Å². The molecule has 0 bridgehead atoms. The van der Waals surface area contributed by atoms with Gasteiger partial charge in [-0.25, -0.2) is 9.97 Å². The third kappa shape index (κ3) is 5.32. The van der Waals surface area contributed by atoms with Crippen molar-refractivity contribution in [2.75, 3.05) is 0 Å². The number of hydrogen-bond donors (Lipinski definition) is 0. The summed E-state index contributed by atoms with van der Waals surface area (Å²) in [6.45, 7) is 0. The lowest BCUT2D eigenvalue weighted by Gasteiger charge is -2.11. The third-order valence-corrected chi connectivity index (χ3v) is 12.7. The molecule has 0 unspecified atom stereocenters. The number of aromatic nitrogens is 4. The molecule has 282 valence electrons. The SMILES string of the molecule is c1cc(-c2ccc3c(c2)Cc2cc(-c4cccc(-c5cnc6c7ccccc7c7ccccc7c6n5)c4)ccc2-3)cc(-c2cnc3c4ccccc4c4ccccc4c3n2)c1. The van der Waals surface area contributed by atoms with E-state index in [0.717, 1.165) is 83.7 Å². The standard InChI is InChI=1S/C57H34N4/c1-5-19-48-44(15-1)46-17-3-7-21-50(46)56-54(48)58-32-52(60-56)38-13-9-11-34(27-38)36-23-25-42-40(29-36)31-41-30-37(24-26-43(41)42)35-12-10-14-39(28-35)53-33-59-55-49-20-6-2-16-45(49)47-18-4-8-22-51(47)57(55)61-53/h1-30,32-33H,31H2. The third-order valence-electron chi connectivity index (χ3n) is 12.7. The minimum absolute atomic E-state index is 0.870. The number of fused-ring (bicyclic) bond motifs is 15. The summed E-state index contributed by atoms with van der Waals surface area (Å²) >= 11 is 0. The van der Waals surface area contributed by atoms with Crippen molar-refractivity contribution in [2.24, 2.45) is 0 Å². The van der Waals surface area contributed by atoms with Crippen molar-refractivity contribution in [3.8, 4) is 55.9 Å². The van der Waals surface area contributed by atoms with Crippen LogP contribution in [0.1, 0.15) is 11.1 Å². The van der Waals surface area contributed by atoms with Crippen molar-refractivity contribution in [3.63, 3.8) is 0 Å². The van der Waals surface area contributed by atoms with E-state index in [9.17, 15) is 0 Å². The van der Waals surface area contributed by atoms with Crippen LogP contribution in [0, 0.1) is 0 Å². The predicted octanol–water partition coefficient (Wildman–Crippen LogP) is 14.4. The molecule has 0 fully saturated rings. The average Bonchev–Trinajstić information content (AvgIpc) is 3.71. The number of hydrogen-bond acceptors (Lipinski definition) is 4. The van der Waals surface area contributed by atoms with Crippen molar-refractivity contribution < 1.29 is 0 Å². The maximum absolute atomic E-state index is 5.26. The van der Waals surface area contributed by atoms with Crippen LogP contribution in [0.2, 0.25) is 0 Å². The molecule has 0 radical (unpaired) electrons. The summed E-state index contributed by atoms with van der Waals surface area (Å²) in [4.78, 5) is 20.6. The normalized spacial score (nSPS) is 12.2. The quantitative estimate of drug-likeness (QED) is 0.167. The molecule has 0 atom stereocenters. The van der Waals surface area contributed by atoms with Gasteiger partial charge in [-0.15, -0.1) is 0 Å². The highest BCUT2D eigenvalue weighted by Crippen LogP contribution is 2.42. The Morgan fingerprint density at radius 1 is 0.279 bits per heavy atom. The summed E-state index contributed by atoms with van der Waals surface area (Å²) in [5, 5.41) is 9.30. The zero-order valence-electron chi connectivity index (χ0n) is 33.0. The van der Waals surface area contributed by atoms with Crippen molar-refractivity contribution in [1.29, 1.82) is 0 Å². The zero-order chi connectivity index (χ0) is 40.0. The monoisotopic (exact) mass is 774 g/mol. The molecular weight excluding hydrogens is 741 g/mol. The van der Waals surface area contributed by atoms with E-state index in [2.05, 4.69) is 182 Å². The summed E-state index contributed by atoms with van der Waals surface area (Å²) in [5.41, 5.74) is 17.6. The molecule has 2 heterocycles. The van der Waals surface area contributed by atoms with Crippen LogP contribution in [0.25, 0.3) is 121 Å². The molecule has 0 amide bonds. The molecule has 2 aromatic heterocycles. The minimum atomic E-state index is 0.870. The fraction of sp³-hybridized carbons (Fsp3) is 0.0175. The van der Waals surface area contributed by atoms with Gasteiger partial charge in [0.1, 0.15) is 0 Å². The van der Waals surface area contributed by atoms with Gasteiger partial charge in [0, 0.05) is 32.7 Å². The van der Waals surface area contributed by atoms with E-state index in [-0.39, 0.29) is 0 Å². The zero-order valence-corrected chi connectivity index (χ0v) is 33.0. The second-order valence-electron chi connectivity index (χ2n) is 16.2. The molecule has 13 rings (SSSR count). The smallest absolute Gasteiger partial charge is 0.0979 e. The molecular formula is C57H34N4. The fourth-order valence-electron chi connectivity index (χ4n) is 9.81. The maximum Gasteiger partial charge on any atom is 0.0979 e. The summed E-state index contributed by atoms with van der Waals surface area (Å²) < 4.78 is 0. The molecule has 0 saturated carbocycles. The molecule has 0 aliphatic heterocycles. The van der Waals surface area contributed by atoms with E-state index in [1.54, 1.807) is 0 Å². The number of nitrogens with zero attached hydrogens (tertiary/aromatic N) is 4. The Balaban J connectivity index is 0.815. The van der Waals surface area contributed by atoms with Crippen molar-refractivity contribution in [2.45, 2.75) is 6.42 Å². The van der Waals surface area contributed by atoms with E-state index < -0.39 is 0 Å². The van der Waals surface area contributed by atoms with E-state index in [0.29, 0.717) is 0 Å². The van der Waals surface area contributed by atoms with Crippen LogP contribution >= 0.6 is 0 Å². The van der Waals surface area contributed by atoms with E-state index >= 15 is 0 Å². The van der Waals surface area contributed by atoms with Crippen molar-refractivity contribution in [1.82, 2.24) is 19.9 Å². The molecule has 0 spiro atoms. The lowest BCUT2D eigenvalue weighted by atomic mass is 9.96. The Labute approximate surface area is 351 Å². The van der Waals surface area contributed by atoms with Crippen LogP contribution in [-0.2, 0) is 6.42 Å². The predicted molar refractivity (Wildman–Crippen MR) is 253 cm³/mol. The Morgan fingerprint density at radius 3 is 1.03 bits per heavy atom. The first kappa shape index (κ1) is 33.8. The minimum Gasteiger partial charge on any atom is -0.252 e. The van der Waals surface area contributed by atoms with E-state index in [1.807, 2.05) is 12.4 Å². The summed E-state index contributed by atoms with van der Waals surface area (Å²) in [6, 6.07) is 65.3. The van der Waals surface area contributed by atoms with Crippen LogP contribution in [-0.4, -0.2) is 19.9 Å². The summed E-state index contributed by atoms with van der Waals surface area (Å²) in [6.07, 6.45) is 4.74. The molecule has 12 aromatic rings. The van der Waals surface area contributed by atoms with Gasteiger partial charge in [-0.1, -0.05) is 170 Å². The van der Waals surface area contributed by atoms with Gasteiger partial charge in [0.15, 0.2) is 0 Å². The first-order valence-corrected chi connectivity index (χ1v) is 20.8. The fourth-order valence-corrected chi connectivity index (χ4v) is 9.81. The molecule has 1 aliphatic rings.